The summed E-state index contributed by atoms with van der Waals surface area (Å²) in [7, 11) is 0. The lowest BCUT2D eigenvalue weighted by Gasteiger charge is -2.41. The lowest BCUT2D eigenvalue weighted by Crippen LogP contribution is -2.46. The first-order valence-corrected chi connectivity index (χ1v) is 14.3. The first-order chi connectivity index (χ1) is 19.0. The first-order valence-electron chi connectivity index (χ1n) is 14.3. The molecule has 6 rings (SSSR count). The van der Waals surface area contributed by atoms with Crippen molar-refractivity contribution in [1.82, 2.24) is 9.88 Å². The lowest BCUT2D eigenvalue weighted by atomic mass is 9.88. The minimum Gasteiger partial charge on any atom is -0.397 e. The summed E-state index contributed by atoms with van der Waals surface area (Å²) in [4.78, 5) is 21.7. The second kappa shape index (κ2) is 10.8. The molecule has 0 unspecified atom stereocenters. The Labute approximate surface area is 230 Å². The van der Waals surface area contributed by atoms with Crippen molar-refractivity contribution in [1.29, 1.82) is 5.26 Å². The van der Waals surface area contributed by atoms with Crippen molar-refractivity contribution < 1.29 is 4.79 Å². The maximum Gasteiger partial charge on any atom is 0.223 e. The number of aromatic nitrogens is 1. The number of nitriles is 1. The van der Waals surface area contributed by atoms with E-state index in [0.29, 0.717) is 28.8 Å². The Kier molecular flexibility index (Phi) is 7.05. The number of nitrogens with one attached hydrogen (secondary N) is 2. The number of hydrogen-bond donors (Lipinski definition) is 4. The molecule has 3 fully saturated rings. The summed E-state index contributed by atoms with van der Waals surface area (Å²) in [6.07, 6.45) is 13.1. The zero-order valence-corrected chi connectivity index (χ0v) is 22.4. The monoisotopic (exact) mass is 526 g/mol. The summed E-state index contributed by atoms with van der Waals surface area (Å²) in [5.41, 5.74) is 15.8. The molecule has 4 aliphatic rings. The standard InChI is InChI=1S/C30H38N8O/c31-17-21-18-34-27(16-26(21)36-29-20-5-4-19(14-20)28(29)30(33)39)35-25-7-6-23(15-24(25)32)38-12-8-22(9-13-38)37-10-2-1-3-11-37/h4-7,15-16,18-20,22,28-29H,1-3,8-14,32H2,(H2,33,39)(H2,34,35,36)/t19-,20+,28+,29-/m1/s1. The van der Waals surface area contributed by atoms with Crippen LogP contribution in [0.5, 0.6) is 0 Å². The Balaban J connectivity index is 1.13. The second-order valence-corrected chi connectivity index (χ2v) is 11.5. The molecule has 204 valence electrons. The number of rotatable bonds is 7. The second-order valence-electron chi connectivity index (χ2n) is 11.5. The van der Waals surface area contributed by atoms with E-state index in [1.807, 2.05) is 18.2 Å². The van der Waals surface area contributed by atoms with Crippen LogP contribution in [0.1, 0.15) is 44.1 Å². The maximum atomic E-state index is 12.2. The summed E-state index contributed by atoms with van der Waals surface area (Å²) in [6.45, 7) is 4.60. The van der Waals surface area contributed by atoms with Crippen LogP contribution < -0.4 is 27.0 Å². The number of allylic oxidation sites excluding steroid dienone is 1. The largest absolute Gasteiger partial charge is 0.397 e. The molecule has 2 saturated heterocycles. The third-order valence-electron chi connectivity index (χ3n) is 9.17. The van der Waals surface area contributed by atoms with Crippen molar-refractivity contribution >= 4 is 34.5 Å². The van der Waals surface area contributed by atoms with Crippen molar-refractivity contribution in [3.8, 4) is 6.07 Å². The number of pyridine rings is 1. The number of nitrogens with zero attached hydrogens (tertiary/aromatic N) is 4. The number of nitrogen functional groups attached to an aromatic ring is 1. The summed E-state index contributed by atoms with van der Waals surface area (Å²) < 4.78 is 0. The molecule has 9 heteroatoms. The minimum absolute atomic E-state index is 0.136. The zero-order chi connectivity index (χ0) is 26.9. The summed E-state index contributed by atoms with van der Waals surface area (Å²) in [5, 5.41) is 16.5. The molecule has 2 aromatic rings. The van der Waals surface area contributed by atoms with Gasteiger partial charge in [0.25, 0.3) is 0 Å². The van der Waals surface area contributed by atoms with Gasteiger partial charge in [-0.15, -0.1) is 0 Å². The van der Waals surface area contributed by atoms with E-state index in [-0.39, 0.29) is 29.7 Å². The number of anilines is 5. The molecule has 3 heterocycles. The molecular formula is C30H38N8O. The van der Waals surface area contributed by atoms with Gasteiger partial charge in [-0.1, -0.05) is 18.6 Å². The summed E-state index contributed by atoms with van der Waals surface area (Å²) in [5.74, 6) is 0.358. The zero-order valence-electron chi connectivity index (χ0n) is 22.4. The smallest absolute Gasteiger partial charge is 0.223 e. The Morgan fingerprint density at radius 1 is 1.03 bits per heavy atom. The third kappa shape index (κ3) is 5.13. The molecular weight excluding hydrogens is 488 g/mol. The van der Waals surface area contributed by atoms with Crippen LogP contribution in [0.15, 0.2) is 42.6 Å². The number of hydrogen-bond acceptors (Lipinski definition) is 8. The first kappa shape index (κ1) is 25.5. The number of piperidine rings is 2. The number of benzene rings is 1. The fourth-order valence-corrected chi connectivity index (χ4v) is 7.09. The highest BCUT2D eigenvalue weighted by Gasteiger charge is 2.47. The fraction of sp³-hybridized carbons (Fsp3) is 0.500. The number of primary amides is 1. The van der Waals surface area contributed by atoms with Gasteiger partial charge < -0.3 is 31.9 Å². The topological polar surface area (TPSA) is 136 Å². The number of nitrogens with two attached hydrogens (primary N) is 2. The van der Waals surface area contributed by atoms with E-state index in [0.717, 1.165) is 30.9 Å². The van der Waals surface area contributed by atoms with Crippen molar-refractivity contribution in [2.24, 2.45) is 23.5 Å². The van der Waals surface area contributed by atoms with Gasteiger partial charge in [0.2, 0.25) is 5.91 Å². The van der Waals surface area contributed by atoms with Gasteiger partial charge in [-0.2, -0.15) is 5.26 Å². The fourth-order valence-electron chi connectivity index (χ4n) is 7.09. The molecule has 1 amide bonds. The van der Waals surface area contributed by atoms with E-state index >= 15 is 0 Å². The molecule has 2 bridgehead atoms. The van der Waals surface area contributed by atoms with Gasteiger partial charge in [0, 0.05) is 43.1 Å². The Hall–Kier alpha value is -3.77. The Bertz CT molecular complexity index is 1290. The van der Waals surface area contributed by atoms with Crippen LogP contribution in [-0.4, -0.2) is 54.1 Å². The van der Waals surface area contributed by atoms with Gasteiger partial charge in [-0.3, -0.25) is 4.79 Å². The molecule has 1 saturated carbocycles. The van der Waals surface area contributed by atoms with Crippen molar-refractivity contribution in [2.45, 2.75) is 50.6 Å². The average Bonchev–Trinajstić information content (AvgIpc) is 3.57. The van der Waals surface area contributed by atoms with Crippen LogP contribution in [0.3, 0.4) is 0 Å². The third-order valence-corrected chi connectivity index (χ3v) is 9.17. The predicted molar refractivity (Wildman–Crippen MR) is 155 cm³/mol. The van der Waals surface area contributed by atoms with Crippen molar-refractivity contribution in [2.75, 3.05) is 47.4 Å². The Morgan fingerprint density at radius 2 is 1.79 bits per heavy atom. The lowest BCUT2D eigenvalue weighted by molar-refractivity contribution is -0.122. The number of amides is 1. The molecule has 1 aromatic heterocycles. The molecule has 9 nitrogen and oxygen atoms in total. The highest BCUT2D eigenvalue weighted by Crippen LogP contribution is 2.45. The van der Waals surface area contributed by atoms with E-state index in [2.05, 4.69) is 49.7 Å². The number of fused-ring (bicyclic) bond motifs is 2. The molecule has 2 aliphatic carbocycles. The molecule has 6 N–H and O–H groups in total. The summed E-state index contributed by atoms with van der Waals surface area (Å²) in [6, 6.07) is 10.7. The summed E-state index contributed by atoms with van der Waals surface area (Å²) >= 11 is 0. The van der Waals surface area contributed by atoms with Crippen LogP contribution in [0.25, 0.3) is 0 Å². The van der Waals surface area contributed by atoms with Gasteiger partial charge in [-0.05, 0) is 75.2 Å². The number of carbonyl (C=O) groups excluding carboxylic acids is 1. The van der Waals surface area contributed by atoms with Gasteiger partial charge >= 0.3 is 0 Å². The van der Waals surface area contributed by atoms with Gasteiger partial charge in [0.1, 0.15) is 11.9 Å². The number of carbonyl (C=O) groups is 1. The molecule has 1 aromatic carbocycles. The minimum atomic E-state index is -0.307. The van der Waals surface area contributed by atoms with E-state index in [1.165, 1.54) is 45.2 Å². The van der Waals surface area contributed by atoms with Crippen LogP contribution in [0.4, 0.5) is 28.6 Å². The highest BCUT2D eigenvalue weighted by molar-refractivity contribution is 5.80. The van der Waals surface area contributed by atoms with Crippen LogP contribution >= 0.6 is 0 Å². The van der Waals surface area contributed by atoms with E-state index in [4.69, 9.17) is 11.5 Å². The van der Waals surface area contributed by atoms with Gasteiger partial charge in [0.15, 0.2) is 0 Å². The molecule has 39 heavy (non-hydrogen) atoms. The molecule has 2 aliphatic heterocycles. The van der Waals surface area contributed by atoms with Crippen molar-refractivity contribution in [3.05, 3.63) is 48.2 Å². The van der Waals surface area contributed by atoms with Gasteiger partial charge in [0.05, 0.1) is 28.5 Å². The van der Waals surface area contributed by atoms with Crippen molar-refractivity contribution in [3.63, 3.8) is 0 Å². The van der Waals surface area contributed by atoms with E-state index in [1.54, 1.807) is 6.20 Å². The van der Waals surface area contributed by atoms with Gasteiger partial charge in [-0.25, -0.2) is 4.98 Å². The van der Waals surface area contributed by atoms with E-state index in [9.17, 15) is 10.1 Å². The molecule has 0 spiro atoms. The highest BCUT2D eigenvalue weighted by atomic mass is 16.1. The predicted octanol–water partition coefficient (Wildman–Crippen LogP) is 3.82. The SMILES string of the molecule is N#Cc1cnc(Nc2ccc(N3CCC(N4CCCCC4)CC3)cc2N)cc1N[C@H]1[C@@H](C(N)=O)[C@@H]2C=C[C@H]1C2. The normalized spacial score (nSPS) is 26.9. The van der Waals surface area contributed by atoms with Crippen LogP contribution in [0, 0.1) is 29.1 Å². The average molecular weight is 527 g/mol. The quantitative estimate of drug-likeness (QED) is 0.316. The maximum absolute atomic E-state index is 12.2. The van der Waals surface area contributed by atoms with Crippen LogP contribution in [0.2, 0.25) is 0 Å². The molecule has 4 atom stereocenters. The van der Waals surface area contributed by atoms with E-state index < -0.39 is 0 Å². The van der Waals surface area contributed by atoms with Crippen LogP contribution in [-0.2, 0) is 4.79 Å². The molecule has 0 radical (unpaired) electrons. The Morgan fingerprint density at radius 3 is 2.51 bits per heavy atom. The number of likely N-dealkylation sites (tertiary alicyclic amines) is 1.